The first kappa shape index (κ1) is 24.6. The number of rotatable bonds is 10. The van der Waals surface area contributed by atoms with Crippen molar-refractivity contribution >= 4 is 21.9 Å². The Balaban J connectivity index is 1.81. The Morgan fingerprint density at radius 2 is 1.77 bits per heavy atom. The van der Waals surface area contributed by atoms with E-state index in [1.54, 1.807) is 13.8 Å². The SMILES string of the molecule is Cc1ccc(CCC(=O)NCCOC(=O)c2cccc(S(=O)(=O)N(C)C(C)C)c2)cc1. The number of hydrogen-bond donors (Lipinski definition) is 1. The van der Waals surface area contributed by atoms with Crippen molar-refractivity contribution in [2.45, 2.75) is 44.6 Å². The summed E-state index contributed by atoms with van der Waals surface area (Å²) in [4.78, 5) is 24.2. The molecule has 0 saturated heterocycles. The Morgan fingerprint density at radius 1 is 1.10 bits per heavy atom. The van der Waals surface area contributed by atoms with Crippen LogP contribution in [-0.2, 0) is 26.0 Å². The van der Waals surface area contributed by atoms with Gasteiger partial charge in [0.25, 0.3) is 0 Å². The predicted molar refractivity (Wildman–Crippen MR) is 119 cm³/mol. The molecular formula is C23H30N2O5S. The number of nitrogens with zero attached hydrogens (tertiary/aromatic N) is 1. The monoisotopic (exact) mass is 446 g/mol. The van der Waals surface area contributed by atoms with Crippen LogP contribution in [0.15, 0.2) is 53.4 Å². The van der Waals surface area contributed by atoms with E-state index < -0.39 is 16.0 Å². The van der Waals surface area contributed by atoms with E-state index in [4.69, 9.17) is 4.74 Å². The molecule has 0 aliphatic carbocycles. The second kappa shape index (κ2) is 11.1. The summed E-state index contributed by atoms with van der Waals surface area (Å²) in [6.07, 6.45) is 0.984. The molecule has 168 valence electrons. The van der Waals surface area contributed by atoms with E-state index in [0.717, 1.165) is 5.56 Å². The Labute approximate surface area is 184 Å². The summed E-state index contributed by atoms with van der Waals surface area (Å²) < 4.78 is 31.6. The van der Waals surface area contributed by atoms with Crippen molar-refractivity contribution < 1.29 is 22.7 Å². The number of amides is 1. The number of carbonyl (C=O) groups is 2. The van der Waals surface area contributed by atoms with Crippen molar-refractivity contribution in [3.8, 4) is 0 Å². The summed E-state index contributed by atoms with van der Waals surface area (Å²) in [6, 6.07) is 13.5. The zero-order valence-electron chi connectivity index (χ0n) is 18.4. The quantitative estimate of drug-likeness (QED) is 0.447. The molecule has 8 heteroatoms. The lowest BCUT2D eigenvalue weighted by Gasteiger charge is -2.21. The molecule has 1 N–H and O–H groups in total. The van der Waals surface area contributed by atoms with Crippen LogP contribution in [0.5, 0.6) is 0 Å². The van der Waals surface area contributed by atoms with Gasteiger partial charge in [-0.05, 0) is 51.0 Å². The molecule has 0 heterocycles. The van der Waals surface area contributed by atoms with Crippen molar-refractivity contribution in [3.05, 3.63) is 65.2 Å². The maximum absolute atomic E-state index is 12.6. The standard InChI is InChI=1S/C23H30N2O5S/c1-17(2)25(4)31(28,29)21-7-5-6-20(16-21)23(27)30-15-14-24-22(26)13-12-19-10-8-18(3)9-11-19/h5-11,16-17H,12-15H2,1-4H3,(H,24,26). The van der Waals surface area contributed by atoms with Gasteiger partial charge in [0, 0.05) is 19.5 Å². The summed E-state index contributed by atoms with van der Waals surface area (Å²) in [6.45, 7) is 5.73. The minimum absolute atomic E-state index is 0.00200. The molecule has 0 aliphatic rings. The molecule has 0 aliphatic heterocycles. The summed E-state index contributed by atoms with van der Waals surface area (Å²) in [5.74, 6) is -0.764. The molecule has 7 nitrogen and oxygen atoms in total. The molecule has 0 fully saturated rings. The third kappa shape index (κ3) is 7.18. The fraction of sp³-hybridized carbons (Fsp3) is 0.391. The third-order valence-electron chi connectivity index (χ3n) is 4.89. The highest BCUT2D eigenvalue weighted by Crippen LogP contribution is 2.18. The minimum Gasteiger partial charge on any atom is -0.460 e. The smallest absolute Gasteiger partial charge is 0.338 e. The highest BCUT2D eigenvalue weighted by Gasteiger charge is 2.24. The van der Waals surface area contributed by atoms with Crippen LogP contribution in [0, 0.1) is 6.92 Å². The average molecular weight is 447 g/mol. The largest absolute Gasteiger partial charge is 0.460 e. The summed E-state index contributed by atoms with van der Waals surface area (Å²) in [5.41, 5.74) is 2.40. The maximum Gasteiger partial charge on any atom is 0.338 e. The molecule has 0 bridgehead atoms. The van der Waals surface area contributed by atoms with Gasteiger partial charge in [-0.1, -0.05) is 35.9 Å². The van der Waals surface area contributed by atoms with Crippen LogP contribution in [0.2, 0.25) is 0 Å². The Morgan fingerprint density at radius 3 is 2.42 bits per heavy atom. The van der Waals surface area contributed by atoms with Gasteiger partial charge in [0.05, 0.1) is 17.0 Å². The number of nitrogens with one attached hydrogen (secondary N) is 1. The lowest BCUT2D eigenvalue weighted by atomic mass is 10.1. The molecule has 0 saturated carbocycles. The number of sulfonamides is 1. The van der Waals surface area contributed by atoms with Gasteiger partial charge in [-0.15, -0.1) is 0 Å². The number of carbonyl (C=O) groups excluding carboxylic acids is 2. The lowest BCUT2D eigenvalue weighted by Crippen LogP contribution is -2.33. The van der Waals surface area contributed by atoms with Gasteiger partial charge in [-0.3, -0.25) is 4.79 Å². The molecule has 0 unspecified atom stereocenters. The highest BCUT2D eigenvalue weighted by atomic mass is 32.2. The first-order chi connectivity index (χ1) is 14.6. The predicted octanol–water partition coefficient (Wildman–Crippen LogP) is 2.93. The van der Waals surface area contributed by atoms with Crippen LogP contribution in [0.25, 0.3) is 0 Å². The zero-order valence-corrected chi connectivity index (χ0v) is 19.2. The van der Waals surface area contributed by atoms with Gasteiger partial charge in [-0.25, -0.2) is 13.2 Å². The van der Waals surface area contributed by atoms with Crippen LogP contribution in [0.3, 0.4) is 0 Å². The summed E-state index contributed by atoms with van der Waals surface area (Å²) >= 11 is 0. The number of esters is 1. The van der Waals surface area contributed by atoms with E-state index in [9.17, 15) is 18.0 Å². The average Bonchev–Trinajstić information content (AvgIpc) is 2.75. The Kier molecular flexibility index (Phi) is 8.76. The fourth-order valence-electron chi connectivity index (χ4n) is 2.75. The van der Waals surface area contributed by atoms with Crippen LogP contribution in [0.4, 0.5) is 0 Å². The third-order valence-corrected chi connectivity index (χ3v) is 6.92. The number of benzene rings is 2. The molecule has 0 atom stereocenters. The van der Waals surface area contributed by atoms with Crippen molar-refractivity contribution in [1.82, 2.24) is 9.62 Å². The van der Waals surface area contributed by atoms with Crippen LogP contribution < -0.4 is 5.32 Å². The van der Waals surface area contributed by atoms with E-state index in [-0.39, 0.29) is 35.6 Å². The molecular weight excluding hydrogens is 416 g/mol. The van der Waals surface area contributed by atoms with E-state index in [2.05, 4.69) is 5.32 Å². The molecule has 0 spiro atoms. The van der Waals surface area contributed by atoms with Crippen LogP contribution >= 0.6 is 0 Å². The normalized spacial score (nSPS) is 11.5. The molecule has 0 aromatic heterocycles. The number of hydrogen-bond acceptors (Lipinski definition) is 5. The van der Waals surface area contributed by atoms with Gasteiger partial charge < -0.3 is 10.1 Å². The molecule has 0 radical (unpaired) electrons. The van der Waals surface area contributed by atoms with Gasteiger partial charge in [0.1, 0.15) is 6.61 Å². The van der Waals surface area contributed by atoms with Crippen molar-refractivity contribution in [2.75, 3.05) is 20.2 Å². The van der Waals surface area contributed by atoms with Crippen molar-refractivity contribution in [1.29, 1.82) is 0 Å². The summed E-state index contributed by atoms with van der Waals surface area (Å²) in [7, 11) is -2.20. The minimum atomic E-state index is -3.69. The van der Waals surface area contributed by atoms with Gasteiger partial charge >= 0.3 is 5.97 Å². The second-order valence-electron chi connectivity index (χ2n) is 7.61. The van der Waals surface area contributed by atoms with E-state index in [1.165, 1.54) is 41.2 Å². The molecule has 2 aromatic rings. The molecule has 2 rings (SSSR count). The Hall–Kier alpha value is -2.71. The number of ether oxygens (including phenoxy) is 1. The summed E-state index contributed by atoms with van der Waals surface area (Å²) in [5, 5.41) is 2.72. The highest BCUT2D eigenvalue weighted by molar-refractivity contribution is 7.89. The molecule has 1 amide bonds. The van der Waals surface area contributed by atoms with Crippen LogP contribution in [0.1, 0.15) is 41.8 Å². The van der Waals surface area contributed by atoms with Crippen molar-refractivity contribution in [2.24, 2.45) is 0 Å². The lowest BCUT2D eigenvalue weighted by molar-refractivity contribution is -0.121. The van der Waals surface area contributed by atoms with Gasteiger partial charge in [0.15, 0.2) is 0 Å². The van der Waals surface area contributed by atoms with Crippen molar-refractivity contribution in [3.63, 3.8) is 0 Å². The van der Waals surface area contributed by atoms with E-state index in [1.807, 2.05) is 31.2 Å². The molecule has 2 aromatic carbocycles. The van der Waals surface area contributed by atoms with Gasteiger partial charge in [-0.2, -0.15) is 4.31 Å². The second-order valence-corrected chi connectivity index (χ2v) is 9.61. The van der Waals surface area contributed by atoms with Crippen LogP contribution in [-0.4, -0.2) is 50.8 Å². The topological polar surface area (TPSA) is 92.8 Å². The first-order valence-electron chi connectivity index (χ1n) is 10.2. The fourth-order valence-corrected chi connectivity index (χ4v) is 4.16. The zero-order chi connectivity index (χ0) is 23.0. The maximum atomic E-state index is 12.6. The molecule has 31 heavy (non-hydrogen) atoms. The van der Waals surface area contributed by atoms with E-state index in [0.29, 0.717) is 12.8 Å². The first-order valence-corrected chi connectivity index (χ1v) is 11.6. The Bertz CT molecular complexity index is 1000. The number of aryl methyl sites for hydroxylation is 2. The van der Waals surface area contributed by atoms with Gasteiger partial charge in [0.2, 0.25) is 15.9 Å². The van der Waals surface area contributed by atoms with E-state index >= 15 is 0 Å².